The zero-order valence-electron chi connectivity index (χ0n) is 16.1. The first-order valence-corrected chi connectivity index (χ1v) is 11.5. The minimum Gasteiger partial charge on any atom is -0.408 e. The van der Waals surface area contributed by atoms with Crippen LogP contribution in [0, 0.1) is 0 Å². The molecule has 2 aromatic carbocycles. The Morgan fingerprint density at radius 2 is 2.00 bits per heavy atom. The van der Waals surface area contributed by atoms with Crippen molar-refractivity contribution >= 4 is 32.7 Å². The standard InChI is InChI=1S/C20H17ClN4O5S/c21-15-4-2-1-3-13(15)10-22-31(27,28)14-7-8-16-17(9-14)29-20(26)25(16)11-18-23-19(30-24-18)12-5-6-12/h1-4,7-9,12,22H,5-6,10-11H2. The van der Waals surface area contributed by atoms with E-state index in [9.17, 15) is 13.2 Å². The van der Waals surface area contributed by atoms with E-state index < -0.39 is 15.8 Å². The maximum absolute atomic E-state index is 12.7. The second-order valence-corrected chi connectivity index (χ2v) is 9.50. The lowest BCUT2D eigenvalue weighted by Crippen LogP contribution is -2.23. The van der Waals surface area contributed by atoms with E-state index in [1.165, 1.54) is 22.8 Å². The lowest BCUT2D eigenvalue weighted by molar-refractivity contribution is 0.372. The monoisotopic (exact) mass is 460 g/mol. The summed E-state index contributed by atoms with van der Waals surface area (Å²) < 4.78 is 39.7. The van der Waals surface area contributed by atoms with Crippen LogP contribution in [0.2, 0.25) is 5.02 Å². The van der Waals surface area contributed by atoms with Gasteiger partial charge in [0, 0.05) is 23.6 Å². The van der Waals surface area contributed by atoms with E-state index in [4.69, 9.17) is 20.5 Å². The lowest BCUT2D eigenvalue weighted by Gasteiger charge is -2.08. The summed E-state index contributed by atoms with van der Waals surface area (Å²) in [7, 11) is -3.85. The van der Waals surface area contributed by atoms with Crippen molar-refractivity contribution in [1.82, 2.24) is 19.4 Å². The van der Waals surface area contributed by atoms with Gasteiger partial charge < -0.3 is 8.94 Å². The van der Waals surface area contributed by atoms with Gasteiger partial charge in [-0.1, -0.05) is 35.0 Å². The van der Waals surface area contributed by atoms with E-state index in [0.29, 0.717) is 33.7 Å². The summed E-state index contributed by atoms with van der Waals surface area (Å²) >= 11 is 6.08. The third-order valence-corrected chi connectivity index (χ3v) is 6.84. The van der Waals surface area contributed by atoms with Gasteiger partial charge in [-0.2, -0.15) is 4.98 Å². The van der Waals surface area contributed by atoms with Gasteiger partial charge in [0.25, 0.3) is 0 Å². The van der Waals surface area contributed by atoms with E-state index >= 15 is 0 Å². The first kappa shape index (κ1) is 20.0. The van der Waals surface area contributed by atoms with Crippen LogP contribution in [-0.2, 0) is 23.1 Å². The molecule has 1 fully saturated rings. The molecule has 5 rings (SSSR count). The van der Waals surface area contributed by atoms with Crippen molar-refractivity contribution < 1.29 is 17.4 Å². The molecule has 0 unspecified atom stereocenters. The first-order chi connectivity index (χ1) is 14.9. The molecule has 11 heteroatoms. The van der Waals surface area contributed by atoms with Crippen LogP contribution in [0.1, 0.15) is 36.0 Å². The highest BCUT2D eigenvalue weighted by Crippen LogP contribution is 2.38. The Balaban J connectivity index is 1.39. The smallest absolute Gasteiger partial charge is 0.408 e. The molecule has 0 bridgehead atoms. The van der Waals surface area contributed by atoms with Gasteiger partial charge in [0.2, 0.25) is 15.9 Å². The number of hydrogen-bond acceptors (Lipinski definition) is 7. The van der Waals surface area contributed by atoms with Crippen molar-refractivity contribution in [2.75, 3.05) is 0 Å². The highest BCUT2D eigenvalue weighted by Gasteiger charge is 2.29. The minimum absolute atomic E-state index is 0.0245. The predicted octanol–water partition coefficient (Wildman–Crippen LogP) is 3.04. The zero-order valence-corrected chi connectivity index (χ0v) is 17.7. The Kier molecular flexibility index (Phi) is 4.92. The van der Waals surface area contributed by atoms with Gasteiger partial charge in [-0.15, -0.1) is 0 Å². The zero-order chi connectivity index (χ0) is 21.6. The van der Waals surface area contributed by atoms with E-state index in [-0.39, 0.29) is 23.6 Å². The van der Waals surface area contributed by atoms with Gasteiger partial charge in [-0.05, 0) is 36.6 Å². The van der Waals surface area contributed by atoms with E-state index in [0.717, 1.165) is 12.8 Å². The number of oxazole rings is 1. The van der Waals surface area contributed by atoms with Crippen LogP contribution < -0.4 is 10.5 Å². The van der Waals surface area contributed by atoms with Crippen LogP contribution >= 0.6 is 11.6 Å². The number of benzene rings is 2. The maximum Gasteiger partial charge on any atom is 0.420 e. The van der Waals surface area contributed by atoms with Crippen LogP contribution in [0.15, 0.2) is 61.1 Å². The van der Waals surface area contributed by atoms with Crippen LogP contribution in [0.25, 0.3) is 11.1 Å². The predicted molar refractivity (Wildman–Crippen MR) is 111 cm³/mol. The largest absolute Gasteiger partial charge is 0.420 e. The van der Waals surface area contributed by atoms with Crippen molar-refractivity contribution in [1.29, 1.82) is 0 Å². The highest BCUT2D eigenvalue weighted by atomic mass is 35.5. The fraction of sp³-hybridized carbons (Fsp3) is 0.250. The topological polar surface area (TPSA) is 120 Å². The maximum atomic E-state index is 12.7. The molecule has 9 nitrogen and oxygen atoms in total. The van der Waals surface area contributed by atoms with Crippen molar-refractivity contribution in [3.8, 4) is 0 Å². The Morgan fingerprint density at radius 1 is 1.19 bits per heavy atom. The lowest BCUT2D eigenvalue weighted by atomic mass is 10.2. The third-order valence-electron chi connectivity index (χ3n) is 5.07. The molecule has 0 spiro atoms. The summed E-state index contributed by atoms with van der Waals surface area (Å²) in [4.78, 5) is 16.6. The molecule has 4 aromatic rings. The number of aromatic nitrogens is 3. The molecule has 1 N–H and O–H groups in total. The van der Waals surface area contributed by atoms with Gasteiger partial charge in [-0.25, -0.2) is 17.9 Å². The normalized spacial score (nSPS) is 14.4. The Hall–Kier alpha value is -2.95. The van der Waals surface area contributed by atoms with E-state index in [1.807, 2.05) is 0 Å². The summed E-state index contributed by atoms with van der Waals surface area (Å²) in [6, 6.07) is 11.2. The molecule has 2 aromatic heterocycles. The molecule has 0 aliphatic heterocycles. The number of rotatable bonds is 7. The summed E-state index contributed by atoms with van der Waals surface area (Å²) in [6.45, 7) is 0.102. The molecule has 1 aliphatic carbocycles. The van der Waals surface area contributed by atoms with Gasteiger partial charge in [0.1, 0.15) is 0 Å². The number of halogens is 1. The van der Waals surface area contributed by atoms with Crippen molar-refractivity contribution in [2.24, 2.45) is 0 Å². The van der Waals surface area contributed by atoms with Gasteiger partial charge in [0.15, 0.2) is 11.4 Å². The minimum atomic E-state index is -3.85. The van der Waals surface area contributed by atoms with Gasteiger partial charge in [-0.3, -0.25) is 4.57 Å². The average molecular weight is 461 g/mol. The molecule has 0 atom stereocenters. The second kappa shape index (κ2) is 7.63. The molecule has 0 amide bonds. The molecule has 0 saturated heterocycles. The van der Waals surface area contributed by atoms with Crippen molar-refractivity contribution in [3.63, 3.8) is 0 Å². The SMILES string of the molecule is O=c1oc2cc(S(=O)(=O)NCc3ccccc3Cl)ccc2n1Cc1noc(C2CC2)n1. The fourth-order valence-corrected chi connectivity index (χ4v) is 4.45. The first-order valence-electron chi connectivity index (χ1n) is 9.60. The fourth-order valence-electron chi connectivity index (χ4n) is 3.23. The van der Waals surface area contributed by atoms with Crippen molar-refractivity contribution in [3.05, 3.63) is 75.3 Å². The molecule has 1 aliphatic rings. The van der Waals surface area contributed by atoms with Gasteiger partial charge in [0.05, 0.1) is 17.0 Å². The quantitative estimate of drug-likeness (QED) is 0.450. The molecular weight excluding hydrogens is 444 g/mol. The van der Waals surface area contributed by atoms with Crippen molar-refractivity contribution in [2.45, 2.75) is 36.7 Å². The number of hydrogen-bond donors (Lipinski definition) is 1. The Bertz CT molecular complexity index is 1440. The summed E-state index contributed by atoms with van der Waals surface area (Å²) in [5.74, 6) is 0.620. The number of nitrogens with one attached hydrogen (secondary N) is 1. The molecule has 1 saturated carbocycles. The van der Waals surface area contributed by atoms with Crippen LogP contribution in [0.5, 0.6) is 0 Å². The third kappa shape index (κ3) is 4.01. The molecule has 0 radical (unpaired) electrons. The number of fused-ring (bicyclic) bond motifs is 1. The van der Waals surface area contributed by atoms with Gasteiger partial charge >= 0.3 is 5.76 Å². The van der Waals surface area contributed by atoms with E-state index in [1.54, 1.807) is 24.3 Å². The number of sulfonamides is 1. The second-order valence-electron chi connectivity index (χ2n) is 7.32. The Labute approximate surface area is 181 Å². The molecule has 160 valence electrons. The Morgan fingerprint density at radius 3 is 2.77 bits per heavy atom. The highest BCUT2D eigenvalue weighted by molar-refractivity contribution is 7.89. The summed E-state index contributed by atoms with van der Waals surface area (Å²) in [6.07, 6.45) is 2.05. The number of nitrogens with zero attached hydrogens (tertiary/aromatic N) is 3. The van der Waals surface area contributed by atoms with Crippen LogP contribution in [0.3, 0.4) is 0 Å². The molecule has 31 heavy (non-hydrogen) atoms. The molecular formula is C20H17ClN4O5S. The average Bonchev–Trinajstić information content (AvgIpc) is 3.42. The van der Waals surface area contributed by atoms with Crippen LogP contribution in [-0.4, -0.2) is 23.1 Å². The van der Waals surface area contributed by atoms with Crippen LogP contribution in [0.4, 0.5) is 0 Å². The summed E-state index contributed by atoms with van der Waals surface area (Å²) in [5, 5.41) is 4.38. The summed E-state index contributed by atoms with van der Waals surface area (Å²) in [5.41, 5.74) is 1.24. The van der Waals surface area contributed by atoms with E-state index in [2.05, 4.69) is 14.9 Å². The molecule has 2 heterocycles.